The molecule has 2 unspecified atom stereocenters. The van der Waals surface area contributed by atoms with Gasteiger partial charge in [0.15, 0.2) is 0 Å². The van der Waals surface area contributed by atoms with Crippen molar-refractivity contribution in [3.05, 3.63) is 0 Å². The average Bonchev–Trinajstić information content (AvgIpc) is 3.19. The fraction of sp³-hybridized carbons (Fsp3) is 1.00. The molecule has 0 spiro atoms. The van der Waals surface area contributed by atoms with Crippen LogP contribution in [0.3, 0.4) is 0 Å². The van der Waals surface area contributed by atoms with Crippen LogP contribution in [-0.2, 0) is 0 Å². The van der Waals surface area contributed by atoms with E-state index >= 15 is 0 Å². The molecule has 18 heavy (non-hydrogen) atoms. The van der Waals surface area contributed by atoms with Gasteiger partial charge in [0.1, 0.15) is 0 Å². The van der Waals surface area contributed by atoms with Crippen LogP contribution in [0.5, 0.6) is 0 Å². The second kappa shape index (κ2) is 6.38. The molecule has 0 aromatic rings. The monoisotopic (exact) mass is 252 g/mol. The van der Waals surface area contributed by atoms with Gasteiger partial charge < -0.3 is 10.2 Å². The normalized spacial score (nSPS) is 32.5. The smallest absolute Gasteiger partial charge is 0.0105 e. The molecule has 106 valence electrons. The van der Waals surface area contributed by atoms with Gasteiger partial charge in [0, 0.05) is 18.1 Å². The van der Waals surface area contributed by atoms with E-state index in [1.807, 2.05) is 0 Å². The molecule has 0 saturated heterocycles. The van der Waals surface area contributed by atoms with Crippen LogP contribution in [0.25, 0.3) is 0 Å². The van der Waals surface area contributed by atoms with E-state index in [9.17, 15) is 0 Å². The fourth-order valence-corrected chi connectivity index (χ4v) is 3.19. The minimum atomic E-state index is 0.703. The van der Waals surface area contributed by atoms with Gasteiger partial charge in [-0.15, -0.1) is 0 Å². The summed E-state index contributed by atoms with van der Waals surface area (Å²) in [5.74, 6) is 1.72. The second-order valence-corrected chi connectivity index (χ2v) is 6.98. The number of hydrogen-bond acceptors (Lipinski definition) is 2. The van der Waals surface area contributed by atoms with Gasteiger partial charge in [-0.3, -0.25) is 0 Å². The van der Waals surface area contributed by atoms with Crippen LogP contribution in [0.2, 0.25) is 0 Å². The number of hydrogen-bond donors (Lipinski definition) is 1. The lowest BCUT2D eigenvalue weighted by Crippen LogP contribution is -2.45. The van der Waals surface area contributed by atoms with Crippen molar-refractivity contribution < 1.29 is 0 Å². The van der Waals surface area contributed by atoms with Gasteiger partial charge in [0.25, 0.3) is 0 Å². The van der Waals surface area contributed by atoms with Gasteiger partial charge in [-0.05, 0) is 70.9 Å². The zero-order chi connectivity index (χ0) is 13.1. The van der Waals surface area contributed by atoms with Crippen molar-refractivity contribution in [2.24, 2.45) is 11.8 Å². The van der Waals surface area contributed by atoms with Crippen LogP contribution in [-0.4, -0.2) is 36.6 Å². The van der Waals surface area contributed by atoms with E-state index in [1.165, 1.54) is 45.1 Å². The van der Waals surface area contributed by atoms with E-state index in [4.69, 9.17) is 0 Å². The Labute approximate surface area is 114 Å². The second-order valence-electron chi connectivity index (χ2n) is 6.98. The summed E-state index contributed by atoms with van der Waals surface area (Å²) in [6, 6.07) is 2.38. The maximum atomic E-state index is 3.68. The van der Waals surface area contributed by atoms with Crippen LogP contribution < -0.4 is 5.32 Å². The number of rotatable bonds is 6. The first-order valence-corrected chi connectivity index (χ1v) is 8.03. The van der Waals surface area contributed by atoms with E-state index in [1.54, 1.807) is 0 Å². The van der Waals surface area contributed by atoms with Crippen molar-refractivity contribution in [3.8, 4) is 0 Å². The lowest BCUT2D eigenvalue weighted by Gasteiger charge is -2.39. The van der Waals surface area contributed by atoms with Gasteiger partial charge in [-0.2, -0.15) is 0 Å². The van der Waals surface area contributed by atoms with Crippen molar-refractivity contribution >= 4 is 0 Å². The van der Waals surface area contributed by atoms with Gasteiger partial charge >= 0.3 is 0 Å². The highest BCUT2D eigenvalue weighted by molar-refractivity contribution is 4.85. The zero-order valence-electron chi connectivity index (χ0n) is 12.8. The van der Waals surface area contributed by atoms with Crippen LogP contribution in [0.1, 0.15) is 59.3 Å². The molecule has 2 heteroatoms. The highest BCUT2D eigenvalue weighted by atomic mass is 15.2. The summed E-state index contributed by atoms with van der Waals surface area (Å²) >= 11 is 0. The minimum absolute atomic E-state index is 0.703. The Kier molecular flexibility index (Phi) is 5.08. The lowest BCUT2D eigenvalue weighted by molar-refractivity contribution is 0.102. The third-order valence-electron chi connectivity index (χ3n) is 5.33. The maximum Gasteiger partial charge on any atom is 0.0105 e. The van der Waals surface area contributed by atoms with Crippen molar-refractivity contribution in [2.75, 3.05) is 13.6 Å². The van der Waals surface area contributed by atoms with Gasteiger partial charge in [0.05, 0.1) is 0 Å². The number of nitrogens with one attached hydrogen (secondary N) is 1. The molecule has 0 heterocycles. The highest BCUT2D eigenvalue weighted by Gasteiger charge is 2.28. The quantitative estimate of drug-likeness (QED) is 0.780. The third kappa shape index (κ3) is 3.96. The number of nitrogens with zero attached hydrogens (tertiary/aromatic N) is 1. The first-order valence-electron chi connectivity index (χ1n) is 8.03. The molecule has 2 aliphatic carbocycles. The molecule has 0 radical (unpaired) electrons. The molecule has 0 aromatic heterocycles. The summed E-state index contributed by atoms with van der Waals surface area (Å²) in [5.41, 5.74) is 0. The van der Waals surface area contributed by atoms with Crippen molar-refractivity contribution in [1.29, 1.82) is 0 Å². The van der Waals surface area contributed by atoms with Crippen LogP contribution >= 0.6 is 0 Å². The summed E-state index contributed by atoms with van der Waals surface area (Å²) in [5, 5.41) is 3.68. The van der Waals surface area contributed by atoms with E-state index < -0.39 is 0 Å². The van der Waals surface area contributed by atoms with E-state index in [-0.39, 0.29) is 0 Å². The molecule has 2 saturated carbocycles. The summed E-state index contributed by atoms with van der Waals surface area (Å²) < 4.78 is 0. The largest absolute Gasteiger partial charge is 0.314 e. The Hall–Kier alpha value is -0.0800. The molecule has 2 nitrogen and oxygen atoms in total. The summed E-state index contributed by atoms with van der Waals surface area (Å²) in [6.45, 7) is 8.42. The fourth-order valence-electron chi connectivity index (χ4n) is 3.19. The maximum absolute atomic E-state index is 3.68. The van der Waals surface area contributed by atoms with Gasteiger partial charge in [-0.1, -0.05) is 13.8 Å². The Bertz CT molecular complexity index is 241. The molecule has 2 atom stereocenters. The Morgan fingerprint density at radius 1 is 1.06 bits per heavy atom. The summed E-state index contributed by atoms with van der Waals surface area (Å²) in [4.78, 5) is 2.66. The zero-order valence-corrected chi connectivity index (χ0v) is 12.8. The van der Waals surface area contributed by atoms with Crippen LogP contribution in [0.15, 0.2) is 0 Å². The molecule has 1 N–H and O–H groups in total. The summed E-state index contributed by atoms with van der Waals surface area (Å²) in [6.07, 6.45) is 8.47. The first-order chi connectivity index (χ1) is 8.58. The van der Waals surface area contributed by atoms with Crippen molar-refractivity contribution in [1.82, 2.24) is 10.2 Å². The standard InChI is InChI=1S/C16H32N2/c1-12-5-9-16(10-6-12)18(4)14(3)13(2)11-17-15-7-8-15/h12-17H,5-11H2,1-4H3. The molecule has 0 aliphatic heterocycles. The van der Waals surface area contributed by atoms with Crippen LogP contribution in [0, 0.1) is 11.8 Å². The van der Waals surface area contributed by atoms with E-state index in [0.29, 0.717) is 6.04 Å². The molecule has 0 amide bonds. The SMILES string of the molecule is CC1CCC(N(C)C(C)C(C)CNC2CC2)CC1. The Morgan fingerprint density at radius 2 is 1.67 bits per heavy atom. The Morgan fingerprint density at radius 3 is 2.22 bits per heavy atom. The van der Waals surface area contributed by atoms with Gasteiger partial charge in [-0.25, -0.2) is 0 Å². The molecule has 2 fully saturated rings. The van der Waals surface area contributed by atoms with Crippen LogP contribution in [0.4, 0.5) is 0 Å². The molecule has 0 bridgehead atoms. The average molecular weight is 252 g/mol. The molecule has 2 rings (SSSR count). The molecular weight excluding hydrogens is 220 g/mol. The lowest BCUT2D eigenvalue weighted by atomic mass is 9.85. The summed E-state index contributed by atoms with van der Waals surface area (Å²) in [7, 11) is 2.35. The molecule has 0 aromatic carbocycles. The predicted octanol–water partition coefficient (Wildman–Crippen LogP) is 3.27. The molecular formula is C16H32N2. The topological polar surface area (TPSA) is 15.3 Å². The van der Waals surface area contributed by atoms with E-state index in [0.717, 1.165) is 23.9 Å². The van der Waals surface area contributed by atoms with Crippen molar-refractivity contribution in [3.63, 3.8) is 0 Å². The minimum Gasteiger partial charge on any atom is -0.314 e. The van der Waals surface area contributed by atoms with Gasteiger partial charge in [0.2, 0.25) is 0 Å². The first kappa shape index (κ1) is 14.3. The highest BCUT2D eigenvalue weighted by Crippen LogP contribution is 2.28. The predicted molar refractivity (Wildman–Crippen MR) is 78.8 cm³/mol. The third-order valence-corrected chi connectivity index (χ3v) is 5.33. The van der Waals surface area contributed by atoms with Crippen molar-refractivity contribution in [2.45, 2.75) is 77.4 Å². The Balaban J connectivity index is 1.73. The molecule has 2 aliphatic rings. The van der Waals surface area contributed by atoms with E-state index in [2.05, 4.69) is 38.0 Å².